The van der Waals surface area contributed by atoms with Gasteiger partial charge in [0.05, 0.1) is 17.6 Å². The second-order valence-corrected chi connectivity index (χ2v) is 4.81. The highest BCUT2D eigenvalue weighted by Gasteiger charge is 2.11. The first kappa shape index (κ1) is 13.6. The van der Waals surface area contributed by atoms with Gasteiger partial charge in [0.15, 0.2) is 0 Å². The number of halogens is 1. The fourth-order valence-electron chi connectivity index (χ4n) is 1.89. The van der Waals surface area contributed by atoms with Crippen molar-refractivity contribution in [1.29, 1.82) is 0 Å². The lowest BCUT2D eigenvalue weighted by Gasteiger charge is -2.08. The van der Waals surface area contributed by atoms with Crippen LogP contribution in [0.1, 0.15) is 17.0 Å². The molecule has 2 aromatic heterocycles. The Kier molecular flexibility index (Phi) is 3.61. The third kappa shape index (κ3) is 2.49. The Morgan fingerprint density at radius 3 is 2.58 bits per heavy atom. The molecule has 1 N–H and O–H groups in total. The number of aryl methyl sites for hydroxylation is 3. The van der Waals surface area contributed by atoms with Crippen LogP contribution in [0, 0.1) is 13.8 Å². The minimum absolute atomic E-state index is 0.150. The molecule has 0 bridgehead atoms. The van der Waals surface area contributed by atoms with Crippen LogP contribution in [0.15, 0.2) is 11.0 Å². The third-order valence-electron chi connectivity index (χ3n) is 3.19. The predicted octanol–water partition coefficient (Wildman–Crippen LogP) is 1.40. The summed E-state index contributed by atoms with van der Waals surface area (Å²) in [6.07, 6.45) is 1.55. The van der Waals surface area contributed by atoms with Gasteiger partial charge in [-0.15, -0.1) is 0 Å². The van der Waals surface area contributed by atoms with Crippen LogP contribution in [-0.2, 0) is 20.6 Å². The average molecular weight is 282 g/mol. The van der Waals surface area contributed by atoms with Gasteiger partial charge in [-0.2, -0.15) is 10.2 Å². The largest absolute Gasteiger partial charge is 0.378 e. The van der Waals surface area contributed by atoms with E-state index >= 15 is 0 Å². The summed E-state index contributed by atoms with van der Waals surface area (Å²) in [5.74, 6) is 0. The fraction of sp³-hybridized carbons (Fsp3) is 0.417. The Hall–Kier alpha value is -1.82. The number of anilines is 1. The summed E-state index contributed by atoms with van der Waals surface area (Å²) in [4.78, 5) is 11.7. The number of nitrogens with zero attached hydrogens (tertiary/aromatic N) is 4. The van der Waals surface area contributed by atoms with Crippen molar-refractivity contribution < 1.29 is 0 Å². The minimum Gasteiger partial charge on any atom is -0.378 e. The zero-order valence-corrected chi connectivity index (χ0v) is 12.1. The maximum Gasteiger partial charge on any atom is 0.287 e. The van der Waals surface area contributed by atoms with E-state index < -0.39 is 0 Å². The zero-order valence-electron chi connectivity index (χ0n) is 11.4. The van der Waals surface area contributed by atoms with Crippen molar-refractivity contribution in [2.24, 2.45) is 14.1 Å². The standard InChI is InChI=1S/C12H16ClN5O/c1-7-9(8(2)17(3)16-7)5-14-10-6-15-18(4)12(19)11(10)13/h6,14H,5H2,1-4H3. The normalized spacial score (nSPS) is 10.8. The van der Waals surface area contributed by atoms with Crippen LogP contribution in [0.3, 0.4) is 0 Å². The van der Waals surface area contributed by atoms with Crippen LogP contribution >= 0.6 is 11.6 Å². The van der Waals surface area contributed by atoms with Gasteiger partial charge in [-0.25, -0.2) is 4.68 Å². The molecule has 0 aliphatic heterocycles. The molecule has 0 spiro atoms. The van der Waals surface area contributed by atoms with Gasteiger partial charge < -0.3 is 5.32 Å². The highest BCUT2D eigenvalue weighted by Crippen LogP contribution is 2.18. The summed E-state index contributed by atoms with van der Waals surface area (Å²) >= 11 is 5.99. The van der Waals surface area contributed by atoms with Gasteiger partial charge in [0.25, 0.3) is 5.56 Å². The third-order valence-corrected chi connectivity index (χ3v) is 3.56. The molecule has 0 amide bonds. The first-order valence-electron chi connectivity index (χ1n) is 5.86. The Labute approximate surface area is 116 Å². The Bertz CT molecular complexity index is 673. The summed E-state index contributed by atoms with van der Waals surface area (Å²) in [7, 11) is 3.46. The number of aromatic nitrogens is 4. The first-order valence-corrected chi connectivity index (χ1v) is 6.24. The molecule has 0 saturated heterocycles. The molecular weight excluding hydrogens is 266 g/mol. The molecule has 0 atom stereocenters. The maximum atomic E-state index is 11.7. The lowest BCUT2D eigenvalue weighted by Crippen LogP contribution is -2.21. The van der Waals surface area contributed by atoms with Crippen LogP contribution in [0.4, 0.5) is 5.69 Å². The monoisotopic (exact) mass is 281 g/mol. The first-order chi connectivity index (χ1) is 8.91. The van der Waals surface area contributed by atoms with E-state index in [1.165, 1.54) is 4.68 Å². The Balaban J connectivity index is 2.24. The van der Waals surface area contributed by atoms with E-state index in [1.54, 1.807) is 13.2 Å². The molecule has 2 heterocycles. The van der Waals surface area contributed by atoms with Gasteiger partial charge in [-0.3, -0.25) is 9.48 Å². The number of rotatable bonds is 3. The van der Waals surface area contributed by atoms with Crippen LogP contribution in [0.5, 0.6) is 0 Å². The number of hydrogen-bond acceptors (Lipinski definition) is 4. The van der Waals surface area contributed by atoms with Crippen LogP contribution < -0.4 is 10.9 Å². The molecule has 102 valence electrons. The molecule has 0 saturated carbocycles. The van der Waals surface area contributed by atoms with Crippen molar-refractivity contribution >= 4 is 17.3 Å². The lowest BCUT2D eigenvalue weighted by molar-refractivity contribution is 0.708. The van der Waals surface area contributed by atoms with Crippen LogP contribution in [-0.4, -0.2) is 19.6 Å². The zero-order chi connectivity index (χ0) is 14.2. The molecule has 0 unspecified atom stereocenters. The number of nitrogens with one attached hydrogen (secondary N) is 1. The Morgan fingerprint density at radius 1 is 1.32 bits per heavy atom. The molecule has 0 aliphatic rings. The van der Waals surface area contributed by atoms with E-state index in [2.05, 4.69) is 15.5 Å². The van der Waals surface area contributed by atoms with Gasteiger partial charge in [0.1, 0.15) is 5.02 Å². The summed E-state index contributed by atoms with van der Waals surface area (Å²) < 4.78 is 3.03. The molecule has 0 fully saturated rings. The number of hydrogen-bond donors (Lipinski definition) is 1. The van der Waals surface area contributed by atoms with Crippen molar-refractivity contribution in [3.63, 3.8) is 0 Å². The molecule has 2 rings (SSSR count). The maximum absolute atomic E-state index is 11.7. The van der Waals surface area contributed by atoms with Gasteiger partial charge in [0, 0.05) is 31.9 Å². The second kappa shape index (κ2) is 5.05. The van der Waals surface area contributed by atoms with Crippen molar-refractivity contribution in [3.05, 3.63) is 38.5 Å². The van der Waals surface area contributed by atoms with Gasteiger partial charge in [-0.05, 0) is 13.8 Å². The summed E-state index contributed by atoms with van der Waals surface area (Å²) in [5.41, 5.74) is 3.36. The second-order valence-electron chi connectivity index (χ2n) is 4.43. The van der Waals surface area contributed by atoms with Gasteiger partial charge in [-0.1, -0.05) is 11.6 Å². The van der Waals surface area contributed by atoms with Crippen LogP contribution in [0.2, 0.25) is 5.02 Å². The average Bonchev–Trinajstić information content (AvgIpc) is 2.61. The Morgan fingerprint density at radius 2 is 2.00 bits per heavy atom. The van der Waals surface area contributed by atoms with Crippen molar-refractivity contribution in [2.75, 3.05) is 5.32 Å². The van der Waals surface area contributed by atoms with Crippen LogP contribution in [0.25, 0.3) is 0 Å². The van der Waals surface area contributed by atoms with E-state index in [9.17, 15) is 4.79 Å². The van der Waals surface area contributed by atoms with E-state index in [1.807, 2.05) is 25.6 Å². The molecule has 0 radical (unpaired) electrons. The summed E-state index contributed by atoms with van der Waals surface area (Å²) in [6.45, 7) is 4.51. The van der Waals surface area contributed by atoms with Crippen molar-refractivity contribution in [3.8, 4) is 0 Å². The molecular formula is C12H16ClN5O. The van der Waals surface area contributed by atoms with E-state index in [4.69, 9.17) is 11.6 Å². The van der Waals surface area contributed by atoms with E-state index in [0.29, 0.717) is 12.2 Å². The topological polar surface area (TPSA) is 64.7 Å². The molecule has 19 heavy (non-hydrogen) atoms. The SMILES string of the molecule is Cc1nn(C)c(C)c1CNc1cnn(C)c(=O)c1Cl. The van der Waals surface area contributed by atoms with Crippen molar-refractivity contribution in [2.45, 2.75) is 20.4 Å². The van der Waals surface area contributed by atoms with Crippen molar-refractivity contribution in [1.82, 2.24) is 19.6 Å². The van der Waals surface area contributed by atoms with E-state index in [-0.39, 0.29) is 10.6 Å². The fourth-order valence-corrected chi connectivity index (χ4v) is 2.13. The quantitative estimate of drug-likeness (QED) is 0.923. The molecule has 6 nitrogen and oxygen atoms in total. The van der Waals surface area contributed by atoms with E-state index in [0.717, 1.165) is 17.0 Å². The highest BCUT2D eigenvalue weighted by atomic mass is 35.5. The summed E-state index contributed by atoms with van der Waals surface area (Å²) in [6, 6.07) is 0. The molecule has 2 aromatic rings. The highest BCUT2D eigenvalue weighted by molar-refractivity contribution is 6.32. The minimum atomic E-state index is -0.314. The molecule has 0 aromatic carbocycles. The molecule has 7 heteroatoms. The lowest BCUT2D eigenvalue weighted by atomic mass is 10.2. The van der Waals surface area contributed by atoms with Gasteiger partial charge >= 0.3 is 0 Å². The molecule has 0 aliphatic carbocycles. The smallest absolute Gasteiger partial charge is 0.287 e. The summed E-state index contributed by atoms with van der Waals surface area (Å²) in [5, 5.41) is 11.6. The van der Waals surface area contributed by atoms with Gasteiger partial charge in [0.2, 0.25) is 0 Å². The predicted molar refractivity (Wildman–Crippen MR) is 74.5 cm³/mol.